The summed E-state index contributed by atoms with van der Waals surface area (Å²) in [5, 5.41) is 2.77. The van der Waals surface area contributed by atoms with Crippen molar-refractivity contribution >= 4 is 16.8 Å². The molecule has 0 amide bonds. The van der Waals surface area contributed by atoms with Gasteiger partial charge in [-0.1, -0.05) is 6.08 Å². The van der Waals surface area contributed by atoms with Crippen molar-refractivity contribution in [1.82, 2.24) is 5.32 Å². The van der Waals surface area contributed by atoms with E-state index in [-0.39, 0.29) is 5.24 Å². The number of nitrogens with one attached hydrogen (secondary N) is 1. The van der Waals surface area contributed by atoms with Crippen LogP contribution in [-0.2, 0) is 4.79 Å². The molecule has 0 fully saturated rings. The molecule has 0 atom stereocenters. The molecule has 0 bridgehead atoms. The Labute approximate surface area is 58.9 Å². The Morgan fingerprint density at radius 1 is 1.78 bits per heavy atom. The van der Waals surface area contributed by atoms with Gasteiger partial charge in [-0.2, -0.15) is 0 Å². The highest BCUT2D eigenvalue weighted by atomic mass is 35.5. The fourth-order valence-corrected chi connectivity index (χ4v) is 0.973. The highest BCUT2D eigenvalue weighted by Crippen LogP contribution is 2.06. The summed E-state index contributed by atoms with van der Waals surface area (Å²) in [4.78, 5) is 10.5. The van der Waals surface area contributed by atoms with Gasteiger partial charge in [0, 0.05) is 12.1 Å². The average Bonchev–Trinajstić information content (AvgIpc) is 1.90. The van der Waals surface area contributed by atoms with Crippen molar-refractivity contribution in [3.63, 3.8) is 0 Å². The van der Waals surface area contributed by atoms with E-state index in [2.05, 4.69) is 5.32 Å². The molecule has 1 heterocycles. The molecular formula is C6H8ClNO. The van der Waals surface area contributed by atoms with Gasteiger partial charge in [0.05, 0.1) is 0 Å². The summed E-state index contributed by atoms with van der Waals surface area (Å²) >= 11 is 5.22. The third-order valence-corrected chi connectivity index (χ3v) is 1.56. The van der Waals surface area contributed by atoms with Gasteiger partial charge in [-0.15, -0.1) is 0 Å². The van der Waals surface area contributed by atoms with Crippen LogP contribution in [0.25, 0.3) is 0 Å². The fourth-order valence-electron chi connectivity index (χ4n) is 0.801. The van der Waals surface area contributed by atoms with Gasteiger partial charge < -0.3 is 5.32 Å². The van der Waals surface area contributed by atoms with Crippen molar-refractivity contribution in [2.75, 3.05) is 13.1 Å². The molecule has 1 N–H and O–H groups in total. The lowest BCUT2D eigenvalue weighted by molar-refractivity contribution is -0.108. The second-order valence-electron chi connectivity index (χ2n) is 1.96. The molecule has 0 aromatic carbocycles. The third kappa shape index (κ3) is 1.80. The van der Waals surface area contributed by atoms with Crippen LogP contribution in [0.3, 0.4) is 0 Å². The minimum Gasteiger partial charge on any atom is -0.313 e. The van der Waals surface area contributed by atoms with Crippen LogP contribution in [0, 0.1) is 0 Å². The van der Waals surface area contributed by atoms with Crippen LogP contribution >= 0.6 is 11.6 Å². The van der Waals surface area contributed by atoms with E-state index in [9.17, 15) is 4.79 Å². The average molecular weight is 146 g/mol. The highest BCUT2D eigenvalue weighted by Gasteiger charge is 2.07. The van der Waals surface area contributed by atoms with Crippen LogP contribution in [0.2, 0.25) is 0 Å². The van der Waals surface area contributed by atoms with E-state index < -0.39 is 0 Å². The minimum absolute atomic E-state index is 0.309. The zero-order valence-corrected chi connectivity index (χ0v) is 5.74. The smallest absolute Gasteiger partial charge is 0.248 e. The van der Waals surface area contributed by atoms with Gasteiger partial charge in [0.1, 0.15) is 0 Å². The van der Waals surface area contributed by atoms with E-state index in [1.165, 1.54) is 0 Å². The molecule has 0 saturated carbocycles. The number of hydrogen-bond acceptors (Lipinski definition) is 2. The number of rotatable bonds is 1. The fraction of sp³-hybridized carbons (Fsp3) is 0.500. The monoisotopic (exact) mass is 145 g/mol. The first-order valence-corrected chi connectivity index (χ1v) is 3.28. The van der Waals surface area contributed by atoms with Crippen molar-refractivity contribution in [3.05, 3.63) is 11.6 Å². The highest BCUT2D eigenvalue weighted by molar-refractivity contribution is 6.67. The molecule has 0 unspecified atom stereocenters. The molecule has 9 heavy (non-hydrogen) atoms. The molecule has 1 aliphatic rings. The van der Waals surface area contributed by atoms with Gasteiger partial charge in [-0.25, -0.2) is 0 Å². The normalized spacial score (nSPS) is 19.0. The largest absolute Gasteiger partial charge is 0.313 e. The zero-order valence-electron chi connectivity index (χ0n) is 4.98. The summed E-state index contributed by atoms with van der Waals surface area (Å²) in [5.41, 5.74) is 0.746. The second-order valence-corrected chi connectivity index (χ2v) is 2.30. The number of carbonyl (C=O) groups is 1. The minimum atomic E-state index is -0.309. The molecule has 1 rings (SSSR count). The van der Waals surface area contributed by atoms with Crippen molar-refractivity contribution in [2.45, 2.75) is 6.42 Å². The van der Waals surface area contributed by atoms with E-state index in [0.717, 1.165) is 25.1 Å². The standard InChI is InChI=1S/C6H8ClNO/c7-6(9)5-1-3-8-4-2-5/h1,8H,2-4H2. The summed E-state index contributed by atoms with van der Waals surface area (Å²) in [7, 11) is 0. The Morgan fingerprint density at radius 3 is 2.89 bits per heavy atom. The Bertz CT molecular complexity index is 153. The van der Waals surface area contributed by atoms with Crippen LogP contribution < -0.4 is 5.32 Å². The van der Waals surface area contributed by atoms with E-state index in [1.807, 2.05) is 6.08 Å². The van der Waals surface area contributed by atoms with Crippen LogP contribution in [0.1, 0.15) is 6.42 Å². The summed E-state index contributed by atoms with van der Waals surface area (Å²) in [5.74, 6) is 0. The number of carbonyl (C=O) groups excluding carboxylic acids is 1. The van der Waals surface area contributed by atoms with Gasteiger partial charge in [-0.3, -0.25) is 4.79 Å². The van der Waals surface area contributed by atoms with E-state index in [4.69, 9.17) is 11.6 Å². The van der Waals surface area contributed by atoms with E-state index in [0.29, 0.717) is 0 Å². The molecule has 0 aromatic heterocycles. The van der Waals surface area contributed by atoms with Crippen molar-refractivity contribution in [1.29, 1.82) is 0 Å². The first-order valence-electron chi connectivity index (χ1n) is 2.90. The van der Waals surface area contributed by atoms with Gasteiger partial charge in [0.15, 0.2) is 0 Å². The predicted molar refractivity (Wildman–Crippen MR) is 36.4 cm³/mol. The molecule has 1 aliphatic heterocycles. The lowest BCUT2D eigenvalue weighted by atomic mass is 10.1. The van der Waals surface area contributed by atoms with Crippen LogP contribution in [0.5, 0.6) is 0 Å². The summed E-state index contributed by atoms with van der Waals surface area (Å²) in [6.45, 7) is 1.64. The SMILES string of the molecule is O=C(Cl)C1=CCNCC1. The second kappa shape index (κ2) is 2.99. The molecular weight excluding hydrogens is 138 g/mol. The maximum Gasteiger partial charge on any atom is 0.248 e. The van der Waals surface area contributed by atoms with Crippen LogP contribution in [0.4, 0.5) is 0 Å². The summed E-state index contributed by atoms with van der Waals surface area (Å²) in [6.07, 6.45) is 2.60. The molecule has 50 valence electrons. The number of halogens is 1. The Morgan fingerprint density at radius 2 is 2.56 bits per heavy atom. The van der Waals surface area contributed by atoms with Gasteiger partial charge in [0.2, 0.25) is 5.24 Å². The first-order chi connectivity index (χ1) is 4.30. The quantitative estimate of drug-likeness (QED) is 0.550. The van der Waals surface area contributed by atoms with Gasteiger partial charge >= 0.3 is 0 Å². The van der Waals surface area contributed by atoms with E-state index in [1.54, 1.807) is 0 Å². The zero-order chi connectivity index (χ0) is 6.69. The van der Waals surface area contributed by atoms with Crippen molar-refractivity contribution in [2.24, 2.45) is 0 Å². The maximum atomic E-state index is 10.5. The topological polar surface area (TPSA) is 29.1 Å². The summed E-state index contributed by atoms with van der Waals surface area (Å²) in [6, 6.07) is 0. The van der Waals surface area contributed by atoms with Gasteiger partial charge in [-0.05, 0) is 24.6 Å². The third-order valence-electron chi connectivity index (χ3n) is 1.32. The molecule has 0 aromatic rings. The van der Waals surface area contributed by atoms with Crippen molar-refractivity contribution in [3.8, 4) is 0 Å². The lowest BCUT2D eigenvalue weighted by Crippen LogP contribution is -2.22. The molecule has 0 aliphatic carbocycles. The maximum absolute atomic E-state index is 10.5. The molecule has 0 radical (unpaired) electrons. The Kier molecular flexibility index (Phi) is 2.25. The molecule has 0 saturated heterocycles. The summed E-state index contributed by atoms with van der Waals surface area (Å²) < 4.78 is 0. The first kappa shape index (κ1) is 6.78. The molecule has 2 nitrogen and oxygen atoms in total. The Balaban J connectivity index is 2.57. The lowest BCUT2D eigenvalue weighted by Gasteiger charge is -2.08. The Hall–Kier alpha value is -0.340. The predicted octanol–water partition coefficient (Wildman–Crippen LogP) is 0.671. The van der Waals surface area contributed by atoms with Crippen LogP contribution in [0.15, 0.2) is 11.6 Å². The van der Waals surface area contributed by atoms with Crippen molar-refractivity contribution < 1.29 is 4.79 Å². The molecule has 0 spiro atoms. The van der Waals surface area contributed by atoms with Crippen LogP contribution in [-0.4, -0.2) is 18.3 Å². The van der Waals surface area contributed by atoms with Gasteiger partial charge in [0.25, 0.3) is 0 Å². The molecule has 3 heteroatoms. The number of hydrogen-bond donors (Lipinski definition) is 1. The van der Waals surface area contributed by atoms with E-state index >= 15 is 0 Å².